The van der Waals surface area contributed by atoms with Crippen LogP contribution in [0.4, 0.5) is 10.5 Å². The molecule has 2 aromatic rings. The van der Waals surface area contributed by atoms with Crippen molar-refractivity contribution in [3.63, 3.8) is 0 Å². The van der Waals surface area contributed by atoms with E-state index in [0.29, 0.717) is 34.9 Å². The van der Waals surface area contributed by atoms with E-state index in [9.17, 15) is 9.59 Å². The van der Waals surface area contributed by atoms with Crippen molar-refractivity contribution in [2.75, 3.05) is 25.5 Å². The van der Waals surface area contributed by atoms with Crippen molar-refractivity contribution >= 4 is 40.3 Å². The molecule has 1 saturated heterocycles. The van der Waals surface area contributed by atoms with E-state index in [-0.39, 0.29) is 23.9 Å². The van der Waals surface area contributed by atoms with Gasteiger partial charge in [-0.15, -0.1) is 0 Å². The van der Waals surface area contributed by atoms with Crippen molar-refractivity contribution in [3.8, 4) is 0 Å². The van der Waals surface area contributed by atoms with Gasteiger partial charge in [-0.1, -0.05) is 30.9 Å². The highest BCUT2D eigenvalue weighted by Crippen LogP contribution is 2.48. The van der Waals surface area contributed by atoms with Crippen LogP contribution in [0, 0.1) is 0 Å². The molecule has 1 spiro atoms. The number of oxazole rings is 1. The number of urea groups is 1. The number of carbonyl (C=O) groups is 2. The first-order chi connectivity index (χ1) is 14.5. The highest BCUT2D eigenvalue weighted by Gasteiger charge is 2.44. The normalized spacial score (nSPS) is 21.4. The summed E-state index contributed by atoms with van der Waals surface area (Å²) in [5.41, 5.74) is 1.89. The van der Waals surface area contributed by atoms with E-state index in [1.807, 2.05) is 0 Å². The number of piperidine rings is 1. The lowest BCUT2D eigenvalue weighted by atomic mass is 9.74. The van der Waals surface area contributed by atoms with Crippen LogP contribution in [0.5, 0.6) is 0 Å². The molecule has 8 nitrogen and oxygen atoms in total. The lowest BCUT2D eigenvalue weighted by Gasteiger charge is -2.42. The molecule has 1 aromatic carbocycles. The summed E-state index contributed by atoms with van der Waals surface area (Å²) in [7, 11) is 1.70. The Labute approximate surface area is 179 Å². The topological polar surface area (TPSA) is 96.7 Å². The molecular formula is C21H25ClN4O4. The molecule has 1 saturated carbocycles. The van der Waals surface area contributed by atoms with Crippen molar-refractivity contribution in [3.05, 3.63) is 22.5 Å². The van der Waals surface area contributed by atoms with Gasteiger partial charge in [-0.2, -0.15) is 0 Å². The molecule has 5 rings (SSSR count). The number of likely N-dealkylation sites (tertiary alicyclic amines) is 1. The fraction of sp³-hybridized carbons (Fsp3) is 0.571. The number of ether oxygens (including phenoxy) is 1. The molecule has 2 N–H and O–H groups in total. The Morgan fingerprint density at radius 2 is 2.03 bits per heavy atom. The Kier molecular flexibility index (Phi) is 4.86. The number of aromatic nitrogens is 1. The molecule has 3 aliphatic rings. The number of hydrogen-bond donors (Lipinski definition) is 2. The van der Waals surface area contributed by atoms with Crippen LogP contribution in [0.15, 0.2) is 10.5 Å². The molecule has 0 unspecified atom stereocenters. The standard InChI is InChI=1S/C21H25ClN4O4/c1-29-12-5-9-26(10-6-12)19(27)18-23-14-11-13(22)16-15(17(14)30-18)21(25-20(28)24-16)7-3-2-4-8-21/h11-12H,2-10H2,1H3,(H2,24,25,28). The highest BCUT2D eigenvalue weighted by molar-refractivity contribution is 6.35. The van der Waals surface area contributed by atoms with Gasteiger partial charge in [-0.25, -0.2) is 9.78 Å². The Balaban J connectivity index is 1.56. The van der Waals surface area contributed by atoms with Crippen molar-refractivity contribution in [2.45, 2.75) is 56.6 Å². The number of benzene rings is 1. The molecule has 1 aromatic heterocycles. The van der Waals surface area contributed by atoms with E-state index >= 15 is 0 Å². The van der Waals surface area contributed by atoms with Crippen LogP contribution in [0.2, 0.25) is 5.02 Å². The molecule has 3 amide bonds. The third-order valence-electron chi connectivity index (χ3n) is 6.66. The smallest absolute Gasteiger partial charge is 0.319 e. The summed E-state index contributed by atoms with van der Waals surface area (Å²) in [6.45, 7) is 1.22. The van der Waals surface area contributed by atoms with Crippen LogP contribution in [-0.4, -0.2) is 48.1 Å². The van der Waals surface area contributed by atoms with E-state index < -0.39 is 5.54 Å². The van der Waals surface area contributed by atoms with Crippen LogP contribution < -0.4 is 10.6 Å². The van der Waals surface area contributed by atoms with Crippen molar-refractivity contribution in [2.24, 2.45) is 0 Å². The number of hydrogen-bond acceptors (Lipinski definition) is 5. The molecule has 0 bridgehead atoms. The van der Waals surface area contributed by atoms with Gasteiger partial charge in [0.1, 0.15) is 5.52 Å². The average molecular weight is 433 g/mol. The summed E-state index contributed by atoms with van der Waals surface area (Å²) in [6, 6.07) is 1.40. The van der Waals surface area contributed by atoms with Gasteiger partial charge in [0.05, 0.1) is 22.4 Å². The molecule has 2 fully saturated rings. The van der Waals surface area contributed by atoms with Gasteiger partial charge in [-0.05, 0) is 31.7 Å². The number of nitrogens with one attached hydrogen (secondary N) is 2. The number of halogens is 1. The first-order valence-electron chi connectivity index (χ1n) is 10.6. The minimum absolute atomic E-state index is 0.0631. The van der Waals surface area contributed by atoms with E-state index in [0.717, 1.165) is 50.5 Å². The molecular weight excluding hydrogens is 408 g/mol. The van der Waals surface area contributed by atoms with E-state index in [4.69, 9.17) is 20.8 Å². The molecule has 1 aliphatic carbocycles. The number of amides is 3. The third kappa shape index (κ3) is 3.13. The van der Waals surface area contributed by atoms with Crippen molar-refractivity contribution in [1.82, 2.24) is 15.2 Å². The van der Waals surface area contributed by atoms with Crippen LogP contribution >= 0.6 is 11.6 Å². The Morgan fingerprint density at radius 1 is 1.30 bits per heavy atom. The van der Waals surface area contributed by atoms with Gasteiger partial charge in [0.2, 0.25) is 0 Å². The fourth-order valence-electron chi connectivity index (χ4n) is 5.09. The maximum atomic E-state index is 13.0. The Bertz CT molecular complexity index is 1010. The maximum absolute atomic E-state index is 13.0. The van der Waals surface area contributed by atoms with Gasteiger partial charge in [0.25, 0.3) is 5.89 Å². The SMILES string of the molecule is COC1CCN(C(=O)c2nc3cc(Cl)c4c(c3o2)C2(CCCCC2)NC(=O)N4)CC1. The quantitative estimate of drug-likeness (QED) is 0.746. The van der Waals surface area contributed by atoms with Gasteiger partial charge >= 0.3 is 11.9 Å². The van der Waals surface area contributed by atoms with Gasteiger partial charge in [-0.3, -0.25) is 4.79 Å². The van der Waals surface area contributed by atoms with Crippen molar-refractivity contribution in [1.29, 1.82) is 0 Å². The second-order valence-electron chi connectivity index (χ2n) is 8.42. The van der Waals surface area contributed by atoms with Crippen LogP contribution in [0.1, 0.15) is 61.2 Å². The zero-order chi connectivity index (χ0) is 20.9. The van der Waals surface area contributed by atoms with Gasteiger partial charge < -0.3 is 24.7 Å². The molecule has 0 radical (unpaired) electrons. The number of carbonyl (C=O) groups excluding carboxylic acids is 2. The predicted molar refractivity (Wildman–Crippen MR) is 112 cm³/mol. The van der Waals surface area contributed by atoms with Gasteiger partial charge in [0.15, 0.2) is 5.58 Å². The summed E-state index contributed by atoms with van der Waals surface area (Å²) < 4.78 is 11.5. The zero-order valence-corrected chi connectivity index (χ0v) is 17.7. The number of methoxy groups -OCH3 is 1. The number of fused-ring (bicyclic) bond motifs is 4. The molecule has 2 aliphatic heterocycles. The second-order valence-corrected chi connectivity index (χ2v) is 8.83. The summed E-state index contributed by atoms with van der Waals surface area (Å²) in [4.78, 5) is 31.6. The first kappa shape index (κ1) is 19.6. The minimum atomic E-state index is -0.546. The van der Waals surface area contributed by atoms with Crippen molar-refractivity contribution < 1.29 is 18.7 Å². The molecule has 3 heterocycles. The fourth-order valence-corrected chi connectivity index (χ4v) is 5.33. The van der Waals surface area contributed by atoms with Crippen LogP contribution in [0.25, 0.3) is 11.1 Å². The molecule has 160 valence electrons. The van der Waals surface area contributed by atoms with Crippen LogP contribution in [-0.2, 0) is 10.3 Å². The predicted octanol–water partition coefficient (Wildman–Crippen LogP) is 4.03. The number of anilines is 1. The molecule has 9 heteroatoms. The Hall–Kier alpha value is -2.32. The minimum Gasteiger partial charge on any atom is -0.432 e. The summed E-state index contributed by atoms with van der Waals surface area (Å²) in [6.07, 6.45) is 6.51. The van der Waals surface area contributed by atoms with E-state index in [2.05, 4.69) is 15.6 Å². The highest BCUT2D eigenvalue weighted by atomic mass is 35.5. The van der Waals surface area contributed by atoms with E-state index in [1.165, 1.54) is 0 Å². The molecule has 30 heavy (non-hydrogen) atoms. The molecule has 0 atom stereocenters. The largest absolute Gasteiger partial charge is 0.432 e. The summed E-state index contributed by atoms with van der Waals surface area (Å²) >= 11 is 6.53. The number of nitrogens with zero attached hydrogens (tertiary/aromatic N) is 2. The summed E-state index contributed by atoms with van der Waals surface area (Å²) in [5, 5.41) is 6.35. The monoisotopic (exact) mass is 432 g/mol. The third-order valence-corrected chi connectivity index (χ3v) is 6.95. The maximum Gasteiger partial charge on any atom is 0.319 e. The lowest BCUT2D eigenvalue weighted by Crippen LogP contribution is -2.52. The first-order valence-corrected chi connectivity index (χ1v) is 10.9. The number of rotatable bonds is 2. The lowest BCUT2D eigenvalue weighted by molar-refractivity contribution is 0.0331. The Morgan fingerprint density at radius 3 is 2.73 bits per heavy atom. The van der Waals surface area contributed by atoms with Crippen LogP contribution in [0.3, 0.4) is 0 Å². The average Bonchev–Trinajstić information content (AvgIpc) is 3.17. The van der Waals surface area contributed by atoms with Gasteiger partial charge in [0, 0.05) is 25.8 Å². The van der Waals surface area contributed by atoms with E-state index in [1.54, 1.807) is 18.1 Å². The zero-order valence-electron chi connectivity index (χ0n) is 16.9. The second kappa shape index (κ2) is 7.42. The summed E-state index contributed by atoms with van der Waals surface area (Å²) in [5.74, 6) is -0.163.